The van der Waals surface area contributed by atoms with Crippen LogP contribution < -0.4 is 4.90 Å². The first kappa shape index (κ1) is 34.1. The summed E-state index contributed by atoms with van der Waals surface area (Å²) >= 11 is 0. The van der Waals surface area contributed by atoms with Gasteiger partial charge in [-0.15, -0.1) is 0 Å². The minimum absolute atomic E-state index is 0.000287. The van der Waals surface area contributed by atoms with Crippen LogP contribution in [0.4, 0.5) is 10.6 Å². The molecule has 1 amide bonds. The summed E-state index contributed by atoms with van der Waals surface area (Å²) in [7, 11) is -4.07. The molecule has 46 heavy (non-hydrogen) atoms. The number of sulfonamides is 1. The summed E-state index contributed by atoms with van der Waals surface area (Å²) in [6.45, 7) is 9.96. The summed E-state index contributed by atoms with van der Waals surface area (Å²) in [5, 5.41) is 17.9. The van der Waals surface area contributed by atoms with Crippen LogP contribution in [0.3, 0.4) is 0 Å². The van der Waals surface area contributed by atoms with E-state index in [0.717, 1.165) is 16.0 Å². The number of amides is 1. The molecule has 0 bridgehead atoms. The smallest absolute Gasteiger partial charge is 0.416 e. The third kappa shape index (κ3) is 8.49. The van der Waals surface area contributed by atoms with Crippen LogP contribution in [0, 0.1) is 5.41 Å². The van der Waals surface area contributed by atoms with Crippen molar-refractivity contribution in [3.63, 3.8) is 0 Å². The Kier molecular flexibility index (Phi) is 10.2. The molecule has 3 heterocycles. The largest absolute Gasteiger partial charge is 0.480 e. The summed E-state index contributed by atoms with van der Waals surface area (Å²) in [4.78, 5) is 35.6. The first-order valence-corrected chi connectivity index (χ1v) is 16.0. The van der Waals surface area contributed by atoms with Crippen LogP contribution in [0.15, 0.2) is 90.3 Å². The van der Waals surface area contributed by atoms with Crippen molar-refractivity contribution in [1.82, 2.24) is 24.5 Å². The van der Waals surface area contributed by atoms with Crippen molar-refractivity contribution < 1.29 is 27.9 Å². The zero-order chi connectivity index (χ0) is 33.7. The number of carboxylic acid groups (broad SMARTS) is 1. The predicted octanol–water partition coefficient (Wildman–Crippen LogP) is 5.57. The molecule has 0 saturated heterocycles. The lowest BCUT2D eigenvalue weighted by Gasteiger charge is -2.37. The van der Waals surface area contributed by atoms with Crippen molar-refractivity contribution in [2.75, 3.05) is 4.90 Å². The first-order chi connectivity index (χ1) is 21.6. The average Bonchev–Trinajstić information content (AvgIpc) is 2.99. The number of hydrogen-bond acceptors (Lipinski definition) is 9. The summed E-state index contributed by atoms with van der Waals surface area (Å²) < 4.78 is 34.7. The third-order valence-electron chi connectivity index (χ3n) is 6.78. The normalized spacial score (nSPS) is 12.8. The molecule has 3 aromatic heterocycles. The van der Waals surface area contributed by atoms with Gasteiger partial charge in [-0.1, -0.05) is 51.1 Å². The highest BCUT2D eigenvalue weighted by molar-refractivity contribution is 7.89. The molecule has 1 atom stereocenters. The fourth-order valence-corrected chi connectivity index (χ4v) is 6.09. The molecule has 0 aliphatic carbocycles. The number of nitrogens with zero attached hydrogens (tertiary/aromatic N) is 6. The van der Waals surface area contributed by atoms with E-state index in [1.807, 2.05) is 30.3 Å². The second-order valence-electron chi connectivity index (χ2n) is 12.7. The van der Waals surface area contributed by atoms with Gasteiger partial charge in [0, 0.05) is 24.5 Å². The van der Waals surface area contributed by atoms with Crippen LogP contribution in [-0.4, -0.2) is 61.7 Å². The van der Waals surface area contributed by atoms with Crippen molar-refractivity contribution in [3.05, 3.63) is 96.7 Å². The van der Waals surface area contributed by atoms with Crippen molar-refractivity contribution in [1.29, 1.82) is 0 Å². The van der Waals surface area contributed by atoms with Gasteiger partial charge in [0.1, 0.15) is 22.4 Å². The van der Waals surface area contributed by atoms with Crippen LogP contribution in [0.25, 0.3) is 11.1 Å². The van der Waals surface area contributed by atoms with E-state index in [1.54, 1.807) is 72.1 Å². The number of carbonyl (C=O) groups is 2. The number of carboxylic acids is 1. The van der Waals surface area contributed by atoms with Gasteiger partial charge in [-0.05, 0) is 67.6 Å². The van der Waals surface area contributed by atoms with Gasteiger partial charge in [0.05, 0.1) is 24.6 Å². The number of pyridine rings is 2. The van der Waals surface area contributed by atoms with E-state index < -0.39 is 39.1 Å². The number of aromatic nitrogens is 4. The number of benzene rings is 1. The average molecular weight is 647 g/mol. The number of anilines is 1. The Morgan fingerprint density at radius 1 is 0.848 bits per heavy atom. The van der Waals surface area contributed by atoms with Gasteiger partial charge in [0.15, 0.2) is 0 Å². The lowest BCUT2D eigenvalue weighted by atomic mass is 9.85. The number of aliphatic carboxylic acids is 1. The van der Waals surface area contributed by atoms with Gasteiger partial charge in [0.25, 0.3) is 0 Å². The van der Waals surface area contributed by atoms with Crippen LogP contribution in [0.5, 0.6) is 0 Å². The van der Waals surface area contributed by atoms with E-state index in [2.05, 4.69) is 20.2 Å². The van der Waals surface area contributed by atoms with Crippen molar-refractivity contribution in [2.24, 2.45) is 5.41 Å². The maximum Gasteiger partial charge on any atom is 0.416 e. The predicted molar refractivity (Wildman–Crippen MR) is 172 cm³/mol. The lowest BCUT2D eigenvalue weighted by molar-refractivity contribution is -0.141. The first-order valence-electron chi connectivity index (χ1n) is 14.5. The second kappa shape index (κ2) is 13.7. The molecule has 4 rings (SSSR count). The molecule has 1 unspecified atom stereocenters. The van der Waals surface area contributed by atoms with Crippen LogP contribution in [0.2, 0.25) is 0 Å². The Bertz CT molecular complexity index is 1760. The standard InChI is InChI=1S/C33H38N6O6S/c1-32(2,3)29(30(40)41)39(31(42)45-33(4,5)6)28-11-7-9-26(37-28)22-38(46(43,44)27-10-8-17-34-20-27)21-23-12-14-24(15-13-23)25-16-18-35-36-19-25/h7-20,29H,21-22H2,1-6H3,(H,40,41). The molecule has 242 valence electrons. The van der Waals surface area contributed by atoms with Crippen molar-refractivity contribution in [2.45, 2.75) is 71.2 Å². The topological polar surface area (TPSA) is 156 Å². The van der Waals surface area contributed by atoms with Crippen molar-refractivity contribution >= 4 is 27.9 Å². The van der Waals surface area contributed by atoms with Crippen LogP contribution in [0.1, 0.15) is 52.8 Å². The van der Waals surface area contributed by atoms with Gasteiger partial charge >= 0.3 is 12.1 Å². The van der Waals surface area contributed by atoms with E-state index in [-0.39, 0.29) is 29.5 Å². The Morgan fingerprint density at radius 3 is 2.13 bits per heavy atom. The molecule has 0 saturated carbocycles. The zero-order valence-corrected chi connectivity index (χ0v) is 27.5. The molecule has 0 aliphatic heterocycles. The van der Waals surface area contributed by atoms with E-state index in [9.17, 15) is 23.1 Å². The summed E-state index contributed by atoms with van der Waals surface area (Å²) in [5.74, 6) is -1.22. The fourth-order valence-electron chi connectivity index (χ4n) is 4.72. The Morgan fingerprint density at radius 2 is 1.57 bits per heavy atom. The van der Waals surface area contributed by atoms with E-state index in [1.165, 1.54) is 28.8 Å². The van der Waals surface area contributed by atoms with Crippen LogP contribution >= 0.6 is 0 Å². The monoisotopic (exact) mass is 646 g/mol. The molecule has 0 radical (unpaired) electrons. The maximum absolute atomic E-state index is 13.9. The Balaban J connectivity index is 1.74. The van der Waals surface area contributed by atoms with E-state index in [0.29, 0.717) is 5.56 Å². The molecule has 0 aliphatic rings. The maximum atomic E-state index is 13.9. The van der Waals surface area contributed by atoms with Gasteiger partial charge in [-0.3, -0.25) is 4.98 Å². The third-order valence-corrected chi connectivity index (χ3v) is 8.56. The highest BCUT2D eigenvalue weighted by Crippen LogP contribution is 2.31. The molecule has 0 fully saturated rings. The van der Waals surface area contributed by atoms with Gasteiger partial charge < -0.3 is 9.84 Å². The van der Waals surface area contributed by atoms with Crippen molar-refractivity contribution in [3.8, 4) is 11.1 Å². The summed E-state index contributed by atoms with van der Waals surface area (Å²) in [6.07, 6.45) is 5.11. The molecule has 1 aromatic carbocycles. The van der Waals surface area contributed by atoms with E-state index in [4.69, 9.17) is 4.74 Å². The molecule has 4 aromatic rings. The van der Waals surface area contributed by atoms with Crippen LogP contribution in [-0.2, 0) is 32.6 Å². The number of carbonyl (C=O) groups excluding carboxylic acids is 1. The minimum Gasteiger partial charge on any atom is -0.480 e. The Hall–Kier alpha value is -4.75. The van der Waals surface area contributed by atoms with Gasteiger partial charge in [0.2, 0.25) is 10.0 Å². The second-order valence-corrected chi connectivity index (χ2v) is 14.7. The number of hydrogen-bond donors (Lipinski definition) is 1. The summed E-state index contributed by atoms with van der Waals surface area (Å²) in [5.41, 5.74) is 0.940. The minimum atomic E-state index is -4.07. The molecular weight excluding hydrogens is 608 g/mol. The van der Waals surface area contributed by atoms with E-state index >= 15 is 0 Å². The molecular formula is C33H38N6O6S. The lowest BCUT2D eigenvalue weighted by Crippen LogP contribution is -2.54. The molecule has 13 heteroatoms. The fraction of sp³-hybridized carbons (Fsp3) is 0.333. The van der Waals surface area contributed by atoms with Gasteiger partial charge in [-0.25, -0.2) is 27.9 Å². The molecule has 12 nitrogen and oxygen atoms in total. The highest BCUT2D eigenvalue weighted by atomic mass is 32.2. The number of ether oxygens (including phenoxy) is 1. The quantitative estimate of drug-likeness (QED) is 0.231. The molecule has 1 N–H and O–H groups in total. The molecule has 0 spiro atoms. The number of rotatable bonds is 10. The summed E-state index contributed by atoms with van der Waals surface area (Å²) in [6, 6.07) is 15.6. The zero-order valence-electron chi connectivity index (χ0n) is 26.7. The van der Waals surface area contributed by atoms with Gasteiger partial charge in [-0.2, -0.15) is 14.5 Å². The highest BCUT2D eigenvalue weighted by Gasteiger charge is 2.42. The SMILES string of the molecule is CC(C)(C)OC(=O)N(c1cccc(CN(Cc2ccc(-c3ccnnc3)cc2)S(=O)(=O)c2cccnc2)n1)C(C(=O)O)C(C)(C)C. The Labute approximate surface area is 269 Å².